The predicted molar refractivity (Wildman–Crippen MR) is 126 cm³/mol. The zero-order valence-corrected chi connectivity index (χ0v) is 20.5. The molecular weight excluding hydrogens is 474 g/mol. The average Bonchev–Trinajstić information content (AvgIpc) is 3.34. The molecule has 3 rings (SSSR count). The van der Waals surface area contributed by atoms with Crippen LogP contribution in [0, 0.1) is 6.92 Å². The van der Waals surface area contributed by atoms with Gasteiger partial charge >= 0.3 is 11.6 Å². The third-order valence-corrected chi connectivity index (χ3v) is 5.45. The Bertz CT molecular complexity index is 1310. The molecule has 0 saturated carbocycles. The van der Waals surface area contributed by atoms with Crippen LogP contribution in [0.1, 0.15) is 45.5 Å². The Kier molecular flexibility index (Phi) is 8.26. The van der Waals surface area contributed by atoms with E-state index in [1.54, 1.807) is 12.1 Å². The molecule has 11 heteroatoms. The molecule has 0 aliphatic rings. The summed E-state index contributed by atoms with van der Waals surface area (Å²) in [5.74, 6) is -1.04. The van der Waals surface area contributed by atoms with E-state index >= 15 is 0 Å². The minimum absolute atomic E-state index is 0.00289. The van der Waals surface area contributed by atoms with Gasteiger partial charge in [-0.2, -0.15) is 0 Å². The number of amides is 1. The zero-order valence-electron chi connectivity index (χ0n) is 20.5. The van der Waals surface area contributed by atoms with Crippen molar-refractivity contribution < 1.29 is 42.5 Å². The van der Waals surface area contributed by atoms with E-state index in [2.05, 4.69) is 10.1 Å². The fourth-order valence-electron chi connectivity index (χ4n) is 3.82. The molecule has 1 atom stereocenters. The molecule has 0 bridgehead atoms. The molecule has 2 aromatic heterocycles. The van der Waals surface area contributed by atoms with Crippen LogP contribution in [0.15, 0.2) is 44.0 Å². The maximum absolute atomic E-state index is 13.0. The molecule has 0 spiro atoms. The van der Waals surface area contributed by atoms with Gasteiger partial charge in [0.2, 0.25) is 17.4 Å². The molecule has 0 fully saturated rings. The first-order valence-electron chi connectivity index (χ1n) is 10.8. The van der Waals surface area contributed by atoms with Crippen molar-refractivity contribution in [3.8, 4) is 23.0 Å². The van der Waals surface area contributed by atoms with Crippen molar-refractivity contribution in [2.75, 3.05) is 28.4 Å². The summed E-state index contributed by atoms with van der Waals surface area (Å²) in [6.45, 7) is 1.50. The van der Waals surface area contributed by atoms with Gasteiger partial charge in [0.25, 0.3) is 0 Å². The second-order valence-corrected chi connectivity index (χ2v) is 7.66. The Morgan fingerprint density at radius 1 is 1.00 bits per heavy atom. The molecular formula is C25H27NO10. The number of methoxy groups -OCH3 is 4. The van der Waals surface area contributed by atoms with Crippen molar-refractivity contribution >= 4 is 11.9 Å². The molecule has 0 aliphatic heterocycles. The molecule has 0 aliphatic carbocycles. The normalized spacial score (nSPS) is 11.5. The summed E-state index contributed by atoms with van der Waals surface area (Å²) in [5.41, 5.74) is -0.522. The van der Waals surface area contributed by atoms with E-state index in [-0.39, 0.29) is 47.3 Å². The van der Waals surface area contributed by atoms with E-state index in [1.165, 1.54) is 53.6 Å². The number of aromatic hydroxyl groups is 1. The van der Waals surface area contributed by atoms with Gasteiger partial charge in [0.15, 0.2) is 11.5 Å². The lowest BCUT2D eigenvalue weighted by atomic mass is 9.87. The van der Waals surface area contributed by atoms with Gasteiger partial charge < -0.3 is 38.2 Å². The summed E-state index contributed by atoms with van der Waals surface area (Å²) in [5, 5.41) is 13.3. The Labute approximate surface area is 206 Å². The first kappa shape index (κ1) is 26.2. The average molecular weight is 501 g/mol. The van der Waals surface area contributed by atoms with Crippen molar-refractivity contribution in [2.45, 2.75) is 25.8 Å². The number of esters is 1. The maximum Gasteiger partial charge on any atom is 0.373 e. The lowest BCUT2D eigenvalue weighted by Crippen LogP contribution is -2.27. The van der Waals surface area contributed by atoms with Crippen LogP contribution >= 0.6 is 0 Å². The Morgan fingerprint density at radius 2 is 1.72 bits per heavy atom. The van der Waals surface area contributed by atoms with E-state index in [9.17, 15) is 19.5 Å². The molecule has 3 aromatic rings. The first-order chi connectivity index (χ1) is 17.2. The van der Waals surface area contributed by atoms with Crippen molar-refractivity contribution in [1.82, 2.24) is 5.32 Å². The minimum Gasteiger partial charge on any atom is -0.507 e. The van der Waals surface area contributed by atoms with E-state index in [4.69, 9.17) is 23.0 Å². The molecule has 11 nitrogen and oxygen atoms in total. The van der Waals surface area contributed by atoms with Crippen molar-refractivity contribution in [1.29, 1.82) is 0 Å². The fourth-order valence-corrected chi connectivity index (χ4v) is 3.82. The third-order valence-electron chi connectivity index (χ3n) is 5.45. The van der Waals surface area contributed by atoms with Crippen LogP contribution in [0.3, 0.4) is 0 Å². The van der Waals surface area contributed by atoms with Gasteiger partial charge in [-0.1, -0.05) is 6.07 Å². The van der Waals surface area contributed by atoms with E-state index in [1.807, 2.05) is 0 Å². The number of furan rings is 1. The molecule has 0 radical (unpaired) electrons. The quantitative estimate of drug-likeness (QED) is 0.398. The summed E-state index contributed by atoms with van der Waals surface area (Å²) in [4.78, 5) is 37.4. The first-order valence-corrected chi connectivity index (χ1v) is 10.8. The van der Waals surface area contributed by atoms with Crippen LogP contribution in [0.4, 0.5) is 0 Å². The Morgan fingerprint density at radius 3 is 2.33 bits per heavy atom. The number of nitrogens with one attached hydrogen (secondary N) is 1. The molecule has 2 N–H and O–H groups in total. The van der Waals surface area contributed by atoms with Crippen LogP contribution in [0.5, 0.6) is 23.0 Å². The van der Waals surface area contributed by atoms with Crippen molar-refractivity contribution in [3.63, 3.8) is 0 Å². The zero-order chi connectivity index (χ0) is 26.4. The van der Waals surface area contributed by atoms with Gasteiger partial charge in [-0.15, -0.1) is 0 Å². The number of rotatable bonds is 10. The highest BCUT2D eigenvalue weighted by Gasteiger charge is 2.30. The number of ether oxygens (including phenoxy) is 4. The molecule has 192 valence electrons. The van der Waals surface area contributed by atoms with Gasteiger partial charge in [0.1, 0.15) is 17.3 Å². The second-order valence-electron chi connectivity index (χ2n) is 7.66. The highest BCUT2D eigenvalue weighted by atomic mass is 16.5. The monoisotopic (exact) mass is 501 g/mol. The topological polar surface area (TPSA) is 147 Å². The highest BCUT2D eigenvalue weighted by Crippen LogP contribution is 2.45. The lowest BCUT2D eigenvalue weighted by Gasteiger charge is -2.22. The van der Waals surface area contributed by atoms with Gasteiger partial charge in [0, 0.05) is 24.0 Å². The highest BCUT2D eigenvalue weighted by molar-refractivity contribution is 5.86. The van der Waals surface area contributed by atoms with E-state index < -0.39 is 23.4 Å². The summed E-state index contributed by atoms with van der Waals surface area (Å²) in [7, 11) is 5.52. The molecule has 0 saturated heterocycles. The van der Waals surface area contributed by atoms with Gasteiger partial charge in [0.05, 0.1) is 40.5 Å². The largest absolute Gasteiger partial charge is 0.507 e. The van der Waals surface area contributed by atoms with Crippen LogP contribution < -0.4 is 25.2 Å². The summed E-state index contributed by atoms with van der Waals surface area (Å²) in [6, 6.07) is 7.48. The number of carbonyl (C=O) groups is 2. The number of hydrogen-bond acceptors (Lipinski definition) is 10. The Balaban J connectivity index is 1.98. The maximum atomic E-state index is 13.0. The standard InChI is InChI=1S/C25H27NO10/c1-13-10-17(27)21(25(30)35-13)16(15-7-9-18(31-2)23(33-4)22(15)32-3)11-20(28)26-12-14-6-8-19(36-14)24(29)34-5/h6-10,16,27H,11-12H2,1-5H3,(H,26,28)/t16-/m1/s1. The smallest absolute Gasteiger partial charge is 0.373 e. The van der Waals surface area contributed by atoms with Crippen LogP contribution in [-0.4, -0.2) is 45.4 Å². The Hall–Kier alpha value is -4.41. The lowest BCUT2D eigenvalue weighted by molar-refractivity contribution is -0.121. The van der Waals surface area contributed by atoms with Crippen LogP contribution in [0.2, 0.25) is 0 Å². The third kappa shape index (κ3) is 5.45. The molecule has 1 amide bonds. The molecule has 36 heavy (non-hydrogen) atoms. The number of benzene rings is 1. The summed E-state index contributed by atoms with van der Waals surface area (Å²) in [6.07, 6.45) is -0.266. The fraction of sp³-hybridized carbons (Fsp3) is 0.320. The van der Waals surface area contributed by atoms with E-state index in [0.717, 1.165) is 0 Å². The summed E-state index contributed by atoms with van der Waals surface area (Å²) >= 11 is 0. The number of hydrogen-bond donors (Lipinski definition) is 2. The summed E-state index contributed by atoms with van der Waals surface area (Å²) < 4.78 is 31.5. The SMILES string of the molecule is COC(=O)c1ccc(CNC(=O)C[C@H](c2ccc(OC)c(OC)c2OC)c2c(O)cc(C)oc2=O)o1. The van der Waals surface area contributed by atoms with Crippen molar-refractivity contribution in [3.05, 3.63) is 69.2 Å². The minimum atomic E-state index is -0.973. The number of aryl methyl sites for hydroxylation is 1. The molecule has 1 aromatic carbocycles. The van der Waals surface area contributed by atoms with E-state index in [0.29, 0.717) is 17.1 Å². The van der Waals surface area contributed by atoms with Gasteiger partial charge in [-0.25, -0.2) is 9.59 Å². The second kappa shape index (κ2) is 11.3. The molecule has 2 heterocycles. The van der Waals surface area contributed by atoms with Crippen molar-refractivity contribution in [2.24, 2.45) is 0 Å². The van der Waals surface area contributed by atoms with Crippen LogP contribution in [0.25, 0.3) is 0 Å². The predicted octanol–water partition coefficient (Wildman–Crippen LogP) is 2.90. The van der Waals surface area contributed by atoms with Gasteiger partial charge in [-0.3, -0.25) is 4.79 Å². The van der Waals surface area contributed by atoms with Gasteiger partial charge in [-0.05, 0) is 25.1 Å². The molecule has 0 unspecified atom stereocenters. The number of carbonyl (C=O) groups excluding carboxylic acids is 2. The van der Waals surface area contributed by atoms with Crippen LogP contribution in [-0.2, 0) is 16.1 Å².